The van der Waals surface area contributed by atoms with Gasteiger partial charge in [0.2, 0.25) is 0 Å². The summed E-state index contributed by atoms with van der Waals surface area (Å²) in [5, 5.41) is 1.57. The molecule has 5 heterocycles. The van der Waals surface area contributed by atoms with Crippen molar-refractivity contribution in [3.63, 3.8) is 0 Å². The van der Waals surface area contributed by atoms with Gasteiger partial charge in [0.25, 0.3) is 0 Å². The molecule has 4 aromatic rings. The molecular formula is C33H31F3N6O2. The van der Waals surface area contributed by atoms with Crippen molar-refractivity contribution >= 4 is 33.2 Å². The number of terminal acetylenes is 1. The minimum Gasteiger partial charge on any atom is -0.461 e. The van der Waals surface area contributed by atoms with E-state index >= 15 is 0 Å². The number of halogens is 3. The van der Waals surface area contributed by atoms with Crippen LogP contribution in [0.25, 0.3) is 32.9 Å². The summed E-state index contributed by atoms with van der Waals surface area (Å²) < 4.78 is 74.2. The molecule has 8 rings (SSSR count). The van der Waals surface area contributed by atoms with Gasteiger partial charge in [-0.25, -0.2) is 13.2 Å². The monoisotopic (exact) mass is 602 g/mol. The standard InChI is InChI=1S/C33H31F3N6O2/c1-2-21-25(35)5-4-18-10-20(37)11-22(28(18)21)26-12-27-23(14-38-26)31(42-8-9-43-16-24-29(36)30(24)42)40-32(39-27)44-17-33-6-3-7-41(33)15-19(34)13-33/h1,4-5,10-12,14,19,24,29-30H,3,6-9,13,15-17,37H2/t19-,24+,29+,30+,33+/m1/s1/i17D2. The van der Waals surface area contributed by atoms with E-state index in [0.29, 0.717) is 77.2 Å². The van der Waals surface area contributed by atoms with Gasteiger partial charge in [0.05, 0.1) is 49.7 Å². The van der Waals surface area contributed by atoms with Crippen LogP contribution in [-0.2, 0) is 4.74 Å². The van der Waals surface area contributed by atoms with E-state index in [-0.39, 0.29) is 30.5 Å². The second-order valence-electron chi connectivity index (χ2n) is 12.1. The number of nitrogen functional groups attached to an aromatic ring is 1. The number of benzene rings is 2. The Hall–Kier alpha value is -4.14. The normalized spacial score (nSPS) is 29.1. The van der Waals surface area contributed by atoms with Crippen LogP contribution in [0.2, 0.25) is 0 Å². The molecule has 2 aromatic heterocycles. The summed E-state index contributed by atoms with van der Waals surface area (Å²) in [6.45, 7) is -0.636. The van der Waals surface area contributed by atoms with Crippen molar-refractivity contribution < 1.29 is 25.4 Å². The summed E-state index contributed by atoms with van der Waals surface area (Å²) in [5.41, 5.74) is 6.76. The van der Waals surface area contributed by atoms with Gasteiger partial charge in [-0.15, -0.1) is 6.42 Å². The third-order valence-corrected chi connectivity index (χ3v) is 9.44. The van der Waals surface area contributed by atoms with E-state index in [9.17, 15) is 13.2 Å². The molecule has 0 unspecified atom stereocenters. The SMILES string of the molecule is [2H]C([2H])(Oc1nc(N2CCOC[C@H]3[C@H](F)[C@H]32)c2cnc(-c3cc(N)cc4ccc(F)c(C#C)c34)cc2n1)[C@@]12CCCN1C[C@H](F)C2. The molecule has 4 fully saturated rings. The zero-order valence-electron chi connectivity index (χ0n) is 25.8. The average Bonchev–Trinajstić information content (AvgIpc) is 3.38. The summed E-state index contributed by atoms with van der Waals surface area (Å²) in [7, 11) is 0. The predicted molar refractivity (Wildman–Crippen MR) is 161 cm³/mol. The van der Waals surface area contributed by atoms with Crippen LogP contribution < -0.4 is 15.4 Å². The quantitative estimate of drug-likeness (QED) is 0.260. The first-order valence-corrected chi connectivity index (χ1v) is 14.8. The Kier molecular flexibility index (Phi) is 5.85. The maximum absolute atomic E-state index is 15.0. The molecule has 5 atom stereocenters. The molecular weight excluding hydrogens is 569 g/mol. The molecule has 3 aliphatic heterocycles. The Morgan fingerprint density at radius 2 is 2.11 bits per heavy atom. The van der Waals surface area contributed by atoms with Gasteiger partial charge in [-0.05, 0) is 49.0 Å². The number of anilines is 2. The molecule has 3 saturated heterocycles. The van der Waals surface area contributed by atoms with Crippen molar-refractivity contribution in [2.24, 2.45) is 5.92 Å². The fourth-order valence-corrected chi connectivity index (χ4v) is 7.29. The summed E-state index contributed by atoms with van der Waals surface area (Å²) in [6, 6.07) is 7.16. The van der Waals surface area contributed by atoms with Crippen LogP contribution in [0.3, 0.4) is 0 Å². The minimum atomic E-state index is -2.33. The molecule has 11 heteroatoms. The molecule has 2 N–H and O–H groups in total. The van der Waals surface area contributed by atoms with Crippen LogP contribution in [0, 0.1) is 24.1 Å². The second-order valence-corrected chi connectivity index (χ2v) is 12.1. The summed E-state index contributed by atoms with van der Waals surface area (Å²) in [4.78, 5) is 17.6. The zero-order chi connectivity index (χ0) is 32.0. The number of aromatic nitrogens is 3. The average molecular weight is 603 g/mol. The van der Waals surface area contributed by atoms with Gasteiger partial charge in [-0.1, -0.05) is 12.0 Å². The van der Waals surface area contributed by atoms with Crippen LogP contribution >= 0.6 is 0 Å². The fourth-order valence-electron chi connectivity index (χ4n) is 7.29. The molecule has 2 aromatic carbocycles. The van der Waals surface area contributed by atoms with E-state index < -0.39 is 36.3 Å². The molecule has 44 heavy (non-hydrogen) atoms. The molecule has 8 nitrogen and oxygen atoms in total. The number of nitrogens with two attached hydrogens (primary N) is 1. The van der Waals surface area contributed by atoms with Crippen LogP contribution in [0.15, 0.2) is 36.5 Å². The number of hydrogen-bond acceptors (Lipinski definition) is 8. The largest absolute Gasteiger partial charge is 0.461 e. The predicted octanol–water partition coefficient (Wildman–Crippen LogP) is 4.68. The molecule has 0 radical (unpaired) electrons. The number of alkyl halides is 2. The maximum Gasteiger partial charge on any atom is 0.319 e. The Morgan fingerprint density at radius 3 is 2.98 bits per heavy atom. The van der Waals surface area contributed by atoms with Gasteiger partial charge in [-0.2, -0.15) is 9.97 Å². The lowest BCUT2D eigenvalue weighted by Gasteiger charge is -2.31. The Bertz CT molecular complexity index is 1940. The van der Waals surface area contributed by atoms with Crippen LogP contribution in [0.4, 0.5) is 24.7 Å². The number of ether oxygens (including phenoxy) is 2. The van der Waals surface area contributed by atoms with E-state index in [1.807, 2.05) is 9.80 Å². The van der Waals surface area contributed by atoms with E-state index in [0.717, 1.165) is 6.42 Å². The minimum absolute atomic E-state index is 0.00182. The molecule has 226 valence electrons. The topological polar surface area (TPSA) is 89.6 Å². The van der Waals surface area contributed by atoms with Crippen LogP contribution in [0.1, 0.15) is 27.6 Å². The maximum atomic E-state index is 15.0. The number of nitrogens with zero attached hydrogens (tertiary/aromatic N) is 5. The van der Waals surface area contributed by atoms with Gasteiger partial charge in [-0.3, -0.25) is 9.88 Å². The Balaban J connectivity index is 1.29. The Labute approximate surface area is 255 Å². The van der Waals surface area contributed by atoms with Crippen LogP contribution in [0.5, 0.6) is 6.01 Å². The van der Waals surface area contributed by atoms with Gasteiger partial charge in [0.1, 0.15) is 30.5 Å². The lowest BCUT2D eigenvalue weighted by molar-refractivity contribution is 0.107. The Morgan fingerprint density at radius 1 is 1.23 bits per heavy atom. The molecule has 1 saturated carbocycles. The third-order valence-electron chi connectivity index (χ3n) is 9.44. The fraction of sp³-hybridized carbons (Fsp3) is 0.424. The first kappa shape index (κ1) is 25.2. The molecule has 4 aliphatic rings. The number of rotatable bonds is 5. The molecule has 0 spiro atoms. The van der Waals surface area contributed by atoms with Crippen molar-refractivity contribution in [3.8, 4) is 29.6 Å². The number of pyridine rings is 1. The first-order chi connectivity index (χ1) is 22.1. The smallest absolute Gasteiger partial charge is 0.319 e. The van der Waals surface area contributed by atoms with E-state index in [1.54, 1.807) is 30.5 Å². The molecule has 0 amide bonds. The molecule has 1 aliphatic carbocycles. The molecule has 0 bridgehead atoms. The van der Waals surface area contributed by atoms with Crippen molar-refractivity contribution in [1.82, 2.24) is 19.9 Å². The van der Waals surface area contributed by atoms with Crippen molar-refractivity contribution in [1.29, 1.82) is 0 Å². The van der Waals surface area contributed by atoms with E-state index in [1.165, 1.54) is 6.07 Å². The first-order valence-electron chi connectivity index (χ1n) is 15.8. The lowest BCUT2D eigenvalue weighted by atomic mass is 9.95. The van der Waals surface area contributed by atoms with E-state index in [2.05, 4.69) is 20.9 Å². The second kappa shape index (κ2) is 10.2. The van der Waals surface area contributed by atoms with Crippen molar-refractivity contribution in [2.75, 3.05) is 50.0 Å². The van der Waals surface area contributed by atoms with Crippen molar-refractivity contribution in [3.05, 3.63) is 47.9 Å². The summed E-state index contributed by atoms with van der Waals surface area (Å²) >= 11 is 0. The number of hydrogen-bond donors (Lipinski definition) is 1. The highest BCUT2D eigenvalue weighted by Crippen LogP contribution is 2.45. The lowest BCUT2D eigenvalue weighted by Crippen LogP contribution is -2.43. The van der Waals surface area contributed by atoms with Crippen molar-refractivity contribution in [2.45, 2.75) is 43.2 Å². The number of fused-ring (bicyclic) bond motifs is 4. The highest BCUT2D eigenvalue weighted by molar-refractivity contribution is 6.03. The zero-order valence-corrected chi connectivity index (χ0v) is 23.8. The summed E-state index contributed by atoms with van der Waals surface area (Å²) in [5.74, 6) is 1.89. The highest BCUT2D eigenvalue weighted by Gasteiger charge is 2.56. The van der Waals surface area contributed by atoms with Gasteiger partial charge in [0.15, 0.2) is 0 Å². The van der Waals surface area contributed by atoms with Crippen LogP contribution in [-0.4, -0.2) is 83.2 Å². The van der Waals surface area contributed by atoms with Gasteiger partial charge in [0, 0.05) is 48.3 Å². The van der Waals surface area contributed by atoms with E-state index in [4.69, 9.17) is 24.4 Å². The summed E-state index contributed by atoms with van der Waals surface area (Å²) in [6.07, 6.45) is 6.15. The third kappa shape index (κ3) is 4.34. The highest BCUT2D eigenvalue weighted by atomic mass is 19.1. The van der Waals surface area contributed by atoms with Gasteiger partial charge >= 0.3 is 6.01 Å². The van der Waals surface area contributed by atoms with Gasteiger partial charge < -0.3 is 20.1 Å².